The van der Waals surface area contributed by atoms with E-state index in [1.54, 1.807) is 61.5 Å². The van der Waals surface area contributed by atoms with Crippen molar-refractivity contribution in [2.75, 3.05) is 17.5 Å². The Kier molecular flexibility index (Phi) is 8.47. The number of aryl methyl sites for hydroxylation is 1. The molecule has 3 aromatic carbocycles. The lowest BCUT2D eigenvalue weighted by Crippen LogP contribution is -2.40. The predicted octanol–water partition coefficient (Wildman–Crippen LogP) is 4.20. The van der Waals surface area contributed by atoms with Crippen LogP contribution in [0, 0.1) is 25.2 Å². The molecule has 8 nitrogen and oxygen atoms in total. The fourth-order valence-corrected chi connectivity index (χ4v) is 4.76. The van der Waals surface area contributed by atoms with Gasteiger partial charge in [0.2, 0.25) is 0 Å². The minimum atomic E-state index is -4.07. The van der Waals surface area contributed by atoms with Crippen molar-refractivity contribution in [3.05, 3.63) is 88.4 Å². The number of nitrogens with zero attached hydrogens (tertiary/aromatic N) is 3. The van der Waals surface area contributed by atoms with Gasteiger partial charge in [-0.3, -0.25) is 9.10 Å². The minimum absolute atomic E-state index is 0.0532. The molecule has 0 aliphatic rings. The average Bonchev–Trinajstić information content (AvgIpc) is 2.84. The number of carbonyl (C=O) groups excluding carboxylic acids is 1. The number of hydrogen-bond donors (Lipinski definition) is 1. The Bertz CT molecular complexity index is 1370. The second-order valence-electron chi connectivity index (χ2n) is 7.52. The van der Waals surface area contributed by atoms with Crippen molar-refractivity contribution in [3.63, 3.8) is 0 Å². The Labute approximate surface area is 209 Å². The molecular formula is C25H23ClN4O4S. The Morgan fingerprint density at radius 1 is 1.11 bits per heavy atom. The van der Waals surface area contributed by atoms with Crippen LogP contribution in [0.15, 0.2) is 76.7 Å². The Morgan fingerprint density at radius 3 is 2.46 bits per heavy atom. The van der Waals surface area contributed by atoms with Crippen LogP contribution in [0.3, 0.4) is 0 Å². The SMILES string of the molecule is Cc1ccc(S(=O)(=O)N(CC(=O)N/N=C\c2ccc(OCC#N)cc2)c2cccc(Cl)c2C)cc1. The molecule has 0 fully saturated rings. The molecule has 0 aromatic heterocycles. The molecule has 0 saturated carbocycles. The summed E-state index contributed by atoms with van der Waals surface area (Å²) in [7, 11) is -4.07. The number of benzene rings is 3. The van der Waals surface area contributed by atoms with Crippen molar-refractivity contribution in [1.29, 1.82) is 5.26 Å². The lowest BCUT2D eigenvalue weighted by molar-refractivity contribution is -0.119. The molecule has 180 valence electrons. The molecule has 0 saturated heterocycles. The smallest absolute Gasteiger partial charge is 0.264 e. The van der Waals surface area contributed by atoms with Crippen LogP contribution in [0.5, 0.6) is 5.75 Å². The van der Waals surface area contributed by atoms with Gasteiger partial charge in [-0.2, -0.15) is 10.4 Å². The van der Waals surface area contributed by atoms with Gasteiger partial charge in [0.15, 0.2) is 6.61 Å². The van der Waals surface area contributed by atoms with Gasteiger partial charge in [-0.05, 0) is 73.5 Å². The van der Waals surface area contributed by atoms with E-state index in [1.807, 2.05) is 13.0 Å². The van der Waals surface area contributed by atoms with Gasteiger partial charge < -0.3 is 4.74 Å². The molecule has 3 aromatic rings. The van der Waals surface area contributed by atoms with Gasteiger partial charge in [-0.1, -0.05) is 35.4 Å². The fraction of sp³-hybridized carbons (Fsp3) is 0.160. The number of hydrazone groups is 1. The van der Waals surface area contributed by atoms with Crippen LogP contribution in [0.25, 0.3) is 0 Å². The molecule has 0 aliphatic heterocycles. The zero-order chi connectivity index (χ0) is 25.4. The molecule has 0 unspecified atom stereocenters. The van der Waals surface area contributed by atoms with E-state index >= 15 is 0 Å². The van der Waals surface area contributed by atoms with Crippen molar-refractivity contribution in [3.8, 4) is 11.8 Å². The van der Waals surface area contributed by atoms with Gasteiger partial charge in [0.1, 0.15) is 18.4 Å². The second-order valence-corrected chi connectivity index (χ2v) is 9.79. The predicted molar refractivity (Wildman–Crippen MR) is 135 cm³/mol. The van der Waals surface area contributed by atoms with E-state index < -0.39 is 22.5 Å². The zero-order valence-corrected chi connectivity index (χ0v) is 20.7. The van der Waals surface area contributed by atoms with Gasteiger partial charge >= 0.3 is 0 Å². The number of hydrogen-bond acceptors (Lipinski definition) is 6. The van der Waals surface area contributed by atoms with E-state index in [9.17, 15) is 13.2 Å². The van der Waals surface area contributed by atoms with Gasteiger partial charge in [-0.25, -0.2) is 13.8 Å². The van der Waals surface area contributed by atoms with Crippen molar-refractivity contribution >= 4 is 39.4 Å². The first-order chi connectivity index (χ1) is 16.7. The number of amides is 1. The monoisotopic (exact) mass is 510 g/mol. The highest BCUT2D eigenvalue weighted by atomic mass is 35.5. The van der Waals surface area contributed by atoms with Crippen molar-refractivity contribution in [1.82, 2.24) is 5.43 Å². The molecular weight excluding hydrogens is 488 g/mol. The van der Waals surface area contributed by atoms with E-state index in [1.165, 1.54) is 18.3 Å². The normalized spacial score (nSPS) is 11.1. The molecule has 3 rings (SSSR count). The maximum absolute atomic E-state index is 13.5. The van der Waals surface area contributed by atoms with Crippen LogP contribution >= 0.6 is 11.6 Å². The van der Waals surface area contributed by atoms with Gasteiger partial charge in [0, 0.05) is 5.02 Å². The van der Waals surface area contributed by atoms with Crippen LogP contribution < -0.4 is 14.5 Å². The second kappa shape index (κ2) is 11.5. The Hall–Kier alpha value is -3.87. The largest absolute Gasteiger partial charge is 0.479 e. The molecule has 1 amide bonds. The molecule has 0 radical (unpaired) electrons. The minimum Gasteiger partial charge on any atom is -0.479 e. The maximum atomic E-state index is 13.5. The molecule has 0 spiro atoms. The van der Waals surface area contributed by atoms with Crippen molar-refractivity contribution in [2.24, 2.45) is 5.10 Å². The summed E-state index contributed by atoms with van der Waals surface area (Å²) >= 11 is 6.23. The number of halogens is 1. The number of nitriles is 1. The molecule has 0 heterocycles. The third-order valence-corrected chi connectivity index (χ3v) is 7.17. The molecule has 0 atom stereocenters. The topological polar surface area (TPSA) is 112 Å². The summed E-state index contributed by atoms with van der Waals surface area (Å²) in [6.07, 6.45) is 1.41. The summed E-state index contributed by atoms with van der Waals surface area (Å²) in [5, 5.41) is 12.9. The van der Waals surface area contributed by atoms with E-state index in [-0.39, 0.29) is 11.5 Å². The summed E-state index contributed by atoms with van der Waals surface area (Å²) in [5.41, 5.74) is 4.77. The van der Waals surface area contributed by atoms with Gasteiger partial charge in [-0.15, -0.1) is 0 Å². The van der Waals surface area contributed by atoms with E-state index in [4.69, 9.17) is 21.6 Å². The average molecular weight is 511 g/mol. The van der Waals surface area contributed by atoms with Gasteiger partial charge in [0.05, 0.1) is 16.8 Å². The first-order valence-electron chi connectivity index (χ1n) is 10.5. The van der Waals surface area contributed by atoms with E-state index in [0.29, 0.717) is 27.6 Å². The quantitative estimate of drug-likeness (QED) is 0.342. The first kappa shape index (κ1) is 25.7. The Morgan fingerprint density at radius 2 is 1.80 bits per heavy atom. The van der Waals surface area contributed by atoms with Crippen LogP contribution in [0.2, 0.25) is 5.02 Å². The number of rotatable bonds is 9. The van der Waals surface area contributed by atoms with Crippen molar-refractivity contribution < 1.29 is 17.9 Å². The van der Waals surface area contributed by atoms with E-state index in [0.717, 1.165) is 9.87 Å². The summed E-state index contributed by atoms with van der Waals surface area (Å²) in [5.74, 6) is -0.105. The number of carbonyl (C=O) groups is 1. The molecule has 0 aliphatic carbocycles. The molecule has 0 bridgehead atoms. The van der Waals surface area contributed by atoms with Crippen LogP contribution in [0.4, 0.5) is 5.69 Å². The molecule has 1 N–H and O–H groups in total. The maximum Gasteiger partial charge on any atom is 0.264 e. The van der Waals surface area contributed by atoms with Crippen molar-refractivity contribution in [2.45, 2.75) is 18.7 Å². The lowest BCUT2D eigenvalue weighted by atomic mass is 10.2. The van der Waals surface area contributed by atoms with E-state index in [2.05, 4.69) is 10.5 Å². The summed E-state index contributed by atoms with van der Waals surface area (Å²) in [4.78, 5) is 12.8. The molecule has 10 heteroatoms. The number of anilines is 1. The zero-order valence-electron chi connectivity index (χ0n) is 19.1. The first-order valence-corrected chi connectivity index (χ1v) is 12.3. The Balaban J connectivity index is 1.80. The summed E-state index contributed by atoms with van der Waals surface area (Å²) < 4.78 is 33.2. The highest BCUT2D eigenvalue weighted by Crippen LogP contribution is 2.30. The number of nitrogens with one attached hydrogen (secondary N) is 1. The van der Waals surface area contributed by atoms with Crippen LogP contribution in [-0.2, 0) is 14.8 Å². The van der Waals surface area contributed by atoms with Crippen LogP contribution in [-0.4, -0.2) is 33.7 Å². The standard InChI is InChI=1S/C25H23ClN4O4S/c1-18-6-12-22(13-7-18)35(32,33)30(24-5-3-4-23(26)19(24)2)17-25(31)29-28-16-20-8-10-21(11-9-20)34-15-14-27/h3-13,16H,15,17H2,1-2H3,(H,29,31)/b28-16-. The van der Waals surface area contributed by atoms with Gasteiger partial charge in [0.25, 0.3) is 15.9 Å². The summed E-state index contributed by atoms with van der Waals surface area (Å²) in [6.45, 7) is 2.98. The fourth-order valence-electron chi connectivity index (χ4n) is 3.11. The van der Waals surface area contributed by atoms with Crippen LogP contribution in [0.1, 0.15) is 16.7 Å². The lowest BCUT2D eigenvalue weighted by Gasteiger charge is -2.25. The highest BCUT2D eigenvalue weighted by Gasteiger charge is 2.28. The third kappa shape index (κ3) is 6.59. The molecule has 35 heavy (non-hydrogen) atoms. The number of sulfonamides is 1. The third-order valence-electron chi connectivity index (χ3n) is 4.99. The number of ether oxygens (including phenoxy) is 1. The summed E-state index contributed by atoms with van der Waals surface area (Å²) in [6, 6.07) is 19.9. The highest BCUT2D eigenvalue weighted by molar-refractivity contribution is 7.92.